The molecule has 0 aliphatic carbocycles. The summed E-state index contributed by atoms with van der Waals surface area (Å²) in [5, 5.41) is 18.6. The Bertz CT molecular complexity index is 1840. The number of methoxy groups -OCH3 is 2. The van der Waals surface area contributed by atoms with Gasteiger partial charge in [-0.05, 0) is 55.5 Å². The lowest BCUT2D eigenvalue weighted by atomic mass is 10.0. The Kier molecular flexibility index (Phi) is 9.35. The molecule has 2 aromatic heterocycles. The van der Waals surface area contributed by atoms with E-state index in [1.165, 1.54) is 18.0 Å². The average molecular weight is 617 g/mol. The number of nitrogens with zero attached hydrogens (tertiary/aromatic N) is 5. The number of benzene rings is 3. The topological polar surface area (TPSA) is 96.9 Å². The Hall–Kier alpha value is -5.02. The lowest BCUT2D eigenvalue weighted by molar-refractivity contribution is 0.391. The van der Waals surface area contributed by atoms with Crippen molar-refractivity contribution in [3.05, 3.63) is 89.9 Å². The van der Waals surface area contributed by atoms with Crippen LogP contribution in [0.2, 0.25) is 0 Å². The lowest BCUT2D eigenvalue weighted by Gasteiger charge is -2.24. The van der Waals surface area contributed by atoms with E-state index in [1.54, 1.807) is 26.4 Å². The van der Waals surface area contributed by atoms with Gasteiger partial charge in [-0.2, -0.15) is 5.26 Å². The van der Waals surface area contributed by atoms with E-state index in [0.29, 0.717) is 52.1 Å². The van der Waals surface area contributed by atoms with E-state index in [4.69, 9.17) is 14.2 Å². The van der Waals surface area contributed by atoms with Crippen molar-refractivity contribution in [3.8, 4) is 40.2 Å². The summed E-state index contributed by atoms with van der Waals surface area (Å²) in [7, 11) is 3.16. The minimum atomic E-state index is -0.820. The quantitative estimate of drug-likeness (QED) is 0.114. The van der Waals surface area contributed by atoms with Crippen molar-refractivity contribution < 1.29 is 23.0 Å². The van der Waals surface area contributed by atoms with Gasteiger partial charge >= 0.3 is 0 Å². The number of nitrogens with one attached hydrogen (secondary N) is 1. The zero-order chi connectivity index (χ0) is 31.2. The first-order valence-corrected chi connectivity index (χ1v) is 14.7. The van der Waals surface area contributed by atoms with Gasteiger partial charge in [0, 0.05) is 53.0 Å². The van der Waals surface area contributed by atoms with Gasteiger partial charge < -0.3 is 23.8 Å². The Balaban J connectivity index is 1.66. The van der Waals surface area contributed by atoms with Crippen LogP contribution in [0.25, 0.3) is 16.8 Å². The highest BCUT2D eigenvalue weighted by atomic mass is 32.2. The molecule has 0 amide bonds. The largest absolute Gasteiger partial charge is 0.497 e. The summed E-state index contributed by atoms with van der Waals surface area (Å²) in [6.07, 6.45) is 1.87. The first-order valence-electron chi connectivity index (χ1n) is 13.7. The molecule has 1 N–H and O–H groups in total. The van der Waals surface area contributed by atoms with Gasteiger partial charge in [0.25, 0.3) is 0 Å². The summed E-state index contributed by atoms with van der Waals surface area (Å²) in [6.45, 7) is 4.23. The SMILES string of the molecule is CCSNc1ccc(Oc2ccc(F)cc2F)c(-c2cc(N(CC#N)Cc3ccc(OC)cc3OC)c3nnc(C)n3c2)c1. The first-order chi connectivity index (χ1) is 21.3. The van der Waals surface area contributed by atoms with Crippen LogP contribution >= 0.6 is 11.9 Å². The smallest absolute Gasteiger partial charge is 0.184 e. The molecular formula is C32H30F2N6O3S. The van der Waals surface area contributed by atoms with E-state index < -0.39 is 11.6 Å². The van der Waals surface area contributed by atoms with Gasteiger partial charge in [0.05, 0.1) is 26.0 Å². The molecule has 12 heteroatoms. The minimum Gasteiger partial charge on any atom is -0.497 e. The third-order valence-electron chi connectivity index (χ3n) is 6.85. The summed E-state index contributed by atoms with van der Waals surface area (Å²) < 4.78 is 50.4. The Morgan fingerprint density at radius 1 is 0.977 bits per heavy atom. The number of ether oxygens (including phenoxy) is 3. The fourth-order valence-corrected chi connectivity index (χ4v) is 5.14. The number of pyridine rings is 1. The molecule has 0 spiro atoms. The molecule has 0 saturated heterocycles. The van der Waals surface area contributed by atoms with Crippen LogP contribution in [-0.2, 0) is 6.54 Å². The highest BCUT2D eigenvalue weighted by Crippen LogP contribution is 2.40. The van der Waals surface area contributed by atoms with Gasteiger partial charge in [0.2, 0.25) is 0 Å². The lowest BCUT2D eigenvalue weighted by Crippen LogP contribution is -2.24. The number of aromatic nitrogens is 3. The number of nitriles is 1. The van der Waals surface area contributed by atoms with Gasteiger partial charge in [-0.25, -0.2) is 8.78 Å². The number of rotatable bonds is 12. The summed E-state index contributed by atoms with van der Waals surface area (Å²) in [5.41, 5.74) is 4.16. The molecule has 0 aliphatic rings. The summed E-state index contributed by atoms with van der Waals surface area (Å²) in [4.78, 5) is 1.88. The molecule has 5 rings (SSSR count). The van der Waals surface area contributed by atoms with E-state index in [-0.39, 0.29) is 12.3 Å². The maximum Gasteiger partial charge on any atom is 0.184 e. The van der Waals surface area contributed by atoms with Crippen molar-refractivity contribution in [2.24, 2.45) is 0 Å². The van der Waals surface area contributed by atoms with Crippen molar-refractivity contribution in [2.75, 3.05) is 36.1 Å². The summed E-state index contributed by atoms with van der Waals surface area (Å²) >= 11 is 1.52. The molecule has 5 aromatic rings. The molecule has 2 heterocycles. The second-order valence-corrected chi connectivity index (χ2v) is 10.7. The van der Waals surface area contributed by atoms with Crippen LogP contribution in [0.4, 0.5) is 20.2 Å². The zero-order valence-electron chi connectivity index (χ0n) is 24.6. The van der Waals surface area contributed by atoms with Crippen LogP contribution in [0.15, 0.2) is 66.9 Å². The number of halogens is 2. The van der Waals surface area contributed by atoms with E-state index in [0.717, 1.165) is 29.1 Å². The highest BCUT2D eigenvalue weighted by molar-refractivity contribution is 8.00. The number of hydrogen-bond donors (Lipinski definition) is 1. The van der Waals surface area contributed by atoms with Gasteiger partial charge in [-0.3, -0.25) is 4.40 Å². The van der Waals surface area contributed by atoms with Crippen molar-refractivity contribution >= 4 is 29.0 Å². The van der Waals surface area contributed by atoms with Crippen LogP contribution in [0.1, 0.15) is 18.3 Å². The third kappa shape index (κ3) is 6.48. The summed E-state index contributed by atoms with van der Waals surface area (Å²) in [5.74, 6) is 1.44. The van der Waals surface area contributed by atoms with Crippen molar-refractivity contribution in [1.82, 2.24) is 14.6 Å². The monoisotopic (exact) mass is 616 g/mol. The molecule has 0 radical (unpaired) electrons. The van der Waals surface area contributed by atoms with Gasteiger partial charge in [-0.1, -0.05) is 18.9 Å². The van der Waals surface area contributed by atoms with Crippen LogP contribution < -0.4 is 23.8 Å². The number of aryl methyl sites for hydroxylation is 1. The molecule has 226 valence electrons. The Morgan fingerprint density at radius 2 is 1.80 bits per heavy atom. The van der Waals surface area contributed by atoms with Crippen LogP contribution in [0.3, 0.4) is 0 Å². The molecule has 0 aliphatic heterocycles. The second-order valence-electron chi connectivity index (χ2n) is 9.67. The van der Waals surface area contributed by atoms with Gasteiger partial charge in [-0.15, -0.1) is 10.2 Å². The standard InChI is InChI=1S/C32H30F2N6O3S/c1-5-44-38-24-8-11-29(43-30-10-7-23(33)15-27(30)34)26(16-24)22-14-28(32-37-36-20(2)40(32)19-22)39(13-12-35)18-21-6-9-25(41-3)17-31(21)42-4/h6-11,14-17,19,38H,5,13,18H2,1-4H3. The Labute approximate surface area is 258 Å². The number of anilines is 2. The van der Waals surface area contributed by atoms with Gasteiger partial charge in [0.15, 0.2) is 17.2 Å². The predicted molar refractivity (Wildman–Crippen MR) is 168 cm³/mol. The van der Waals surface area contributed by atoms with Crippen molar-refractivity contribution in [2.45, 2.75) is 20.4 Å². The Morgan fingerprint density at radius 3 is 2.52 bits per heavy atom. The molecule has 0 atom stereocenters. The normalized spacial score (nSPS) is 10.8. The molecule has 9 nitrogen and oxygen atoms in total. The van der Waals surface area contributed by atoms with Gasteiger partial charge in [0.1, 0.15) is 35.4 Å². The molecular weight excluding hydrogens is 586 g/mol. The van der Waals surface area contributed by atoms with E-state index in [9.17, 15) is 14.0 Å². The number of fused-ring (bicyclic) bond motifs is 1. The maximum absolute atomic E-state index is 14.7. The third-order valence-corrected chi connectivity index (χ3v) is 7.52. The molecule has 3 aromatic carbocycles. The van der Waals surface area contributed by atoms with E-state index >= 15 is 0 Å². The van der Waals surface area contributed by atoms with E-state index in [1.807, 2.05) is 59.7 Å². The van der Waals surface area contributed by atoms with Crippen LogP contribution in [0.5, 0.6) is 23.0 Å². The van der Waals surface area contributed by atoms with Crippen LogP contribution in [0, 0.1) is 29.9 Å². The fourth-order valence-electron chi connectivity index (χ4n) is 4.71. The molecule has 0 fully saturated rings. The van der Waals surface area contributed by atoms with Crippen LogP contribution in [-0.4, -0.2) is 41.1 Å². The maximum atomic E-state index is 14.7. The minimum absolute atomic E-state index is 0.0408. The average Bonchev–Trinajstić information content (AvgIpc) is 3.41. The molecule has 0 bridgehead atoms. The zero-order valence-corrected chi connectivity index (χ0v) is 25.4. The van der Waals surface area contributed by atoms with E-state index in [2.05, 4.69) is 21.0 Å². The summed E-state index contributed by atoms with van der Waals surface area (Å²) in [6, 6.07) is 18.3. The molecule has 44 heavy (non-hydrogen) atoms. The number of hydrogen-bond acceptors (Lipinski definition) is 9. The second kappa shape index (κ2) is 13.5. The predicted octanol–water partition coefficient (Wildman–Crippen LogP) is 7.40. The molecule has 0 unspecified atom stereocenters. The first kappa shape index (κ1) is 30.4. The van der Waals surface area contributed by atoms with Crippen molar-refractivity contribution in [3.63, 3.8) is 0 Å². The molecule has 0 saturated carbocycles. The van der Waals surface area contributed by atoms with Crippen molar-refractivity contribution in [1.29, 1.82) is 5.26 Å². The fraction of sp³-hybridized carbons (Fsp3) is 0.219. The highest BCUT2D eigenvalue weighted by Gasteiger charge is 2.21.